The Morgan fingerprint density at radius 1 is 1.16 bits per heavy atom. The van der Waals surface area contributed by atoms with Gasteiger partial charge in [-0.1, -0.05) is 37.6 Å². The Labute approximate surface area is 123 Å². The van der Waals surface area contributed by atoms with E-state index in [0.29, 0.717) is 5.54 Å². The molecule has 1 aromatic rings. The van der Waals surface area contributed by atoms with Crippen molar-refractivity contribution in [2.24, 2.45) is 5.92 Å². The summed E-state index contributed by atoms with van der Waals surface area (Å²) in [4.78, 5) is 0. The van der Waals surface area contributed by atoms with E-state index in [1.807, 2.05) is 12.1 Å². The van der Waals surface area contributed by atoms with Crippen LogP contribution in [0.3, 0.4) is 0 Å². The molecule has 19 heavy (non-hydrogen) atoms. The molecule has 1 saturated carbocycles. The smallest absolute Gasteiger partial charge is 0.124 e. The summed E-state index contributed by atoms with van der Waals surface area (Å²) in [7, 11) is 4.80. The third kappa shape index (κ3) is 2.83. The van der Waals surface area contributed by atoms with E-state index in [1.54, 1.807) is 0 Å². The van der Waals surface area contributed by atoms with Crippen LogP contribution in [0.5, 0.6) is 0 Å². The molecule has 0 atom stereocenters. The Morgan fingerprint density at radius 3 is 2.16 bits per heavy atom. The minimum absolute atomic E-state index is 0.319. The van der Waals surface area contributed by atoms with Gasteiger partial charge in [0.25, 0.3) is 0 Å². The van der Waals surface area contributed by atoms with Crippen molar-refractivity contribution in [3.05, 3.63) is 34.9 Å². The van der Waals surface area contributed by atoms with E-state index in [9.17, 15) is 0 Å². The van der Waals surface area contributed by atoms with Gasteiger partial charge >= 0.3 is 0 Å². The fourth-order valence-electron chi connectivity index (χ4n) is 3.31. The molecule has 1 aliphatic carbocycles. The van der Waals surface area contributed by atoms with Crippen LogP contribution in [0.2, 0.25) is 5.02 Å². The van der Waals surface area contributed by atoms with Crippen molar-refractivity contribution in [1.82, 2.24) is 0 Å². The highest BCUT2D eigenvalue weighted by Gasteiger charge is 2.51. The number of hydrogen-bond donors (Lipinski definition) is 0. The molecule has 0 bridgehead atoms. The quantitative estimate of drug-likeness (QED) is 0.677. The van der Waals surface area contributed by atoms with Gasteiger partial charge in [-0.15, -0.1) is 0 Å². The van der Waals surface area contributed by atoms with Crippen LogP contribution in [0.1, 0.15) is 45.1 Å². The summed E-state index contributed by atoms with van der Waals surface area (Å²) >= 11 is 6.03. The zero-order valence-corrected chi connectivity index (χ0v) is 13.5. The van der Waals surface area contributed by atoms with Crippen LogP contribution in [0.15, 0.2) is 24.3 Å². The SMILES string of the molecule is CC(C)CC[N+](C)(C)C1(c2ccc(Cl)cc2)CCC1. The number of hydrogen-bond acceptors (Lipinski definition) is 0. The Hall–Kier alpha value is -0.530. The van der Waals surface area contributed by atoms with Crippen LogP contribution >= 0.6 is 11.6 Å². The monoisotopic (exact) mass is 280 g/mol. The molecule has 0 radical (unpaired) electrons. The standard InChI is InChI=1S/C17H27ClN/c1-14(2)10-13-19(3,4)17(11-5-12-17)15-6-8-16(18)9-7-15/h6-9,14H,5,10-13H2,1-4H3/q+1. The zero-order chi connectivity index (χ0) is 14.1. The van der Waals surface area contributed by atoms with Crippen LogP contribution < -0.4 is 0 Å². The molecule has 2 heteroatoms. The fraction of sp³-hybridized carbons (Fsp3) is 0.647. The number of rotatable bonds is 5. The second-order valence-corrected chi connectivity index (χ2v) is 7.42. The summed E-state index contributed by atoms with van der Waals surface area (Å²) in [6, 6.07) is 8.55. The van der Waals surface area contributed by atoms with E-state index in [1.165, 1.54) is 37.8 Å². The fourth-order valence-corrected chi connectivity index (χ4v) is 3.44. The summed E-state index contributed by atoms with van der Waals surface area (Å²) < 4.78 is 1.10. The van der Waals surface area contributed by atoms with Crippen molar-refractivity contribution in [3.63, 3.8) is 0 Å². The second-order valence-electron chi connectivity index (χ2n) is 6.98. The molecular formula is C17H27ClN+. The Morgan fingerprint density at radius 2 is 1.74 bits per heavy atom. The van der Waals surface area contributed by atoms with E-state index in [2.05, 4.69) is 40.1 Å². The predicted octanol–water partition coefficient (Wildman–Crippen LogP) is 4.84. The van der Waals surface area contributed by atoms with Gasteiger partial charge in [-0.05, 0) is 30.9 Å². The van der Waals surface area contributed by atoms with Crippen LogP contribution in [0.25, 0.3) is 0 Å². The zero-order valence-electron chi connectivity index (χ0n) is 12.7. The highest BCUT2D eigenvalue weighted by atomic mass is 35.5. The first-order chi connectivity index (χ1) is 8.87. The number of nitrogens with zero attached hydrogens (tertiary/aromatic N) is 1. The summed E-state index contributed by atoms with van der Waals surface area (Å²) in [5.74, 6) is 0.778. The van der Waals surface area contributed by atoms with Gasteiger partial charge in [0.1, 0.15) is 5.54 Å². The van der Waals surface area contributed by atoms with E-state index in [4.69, 9.17) is 11.6 Å². The molecule has 0 spiro atoms. The van der Waals surface area contributed by atoms with Crippen molar-refractivity contribution >= 4 is 11.6 Å². The molecule has 0 aliphatic heterocycles. The normalized spacial score (nSPS) is 18.4. The molecule has 106 valence electrons. The van der Waals surface area contributed by atoms with E-state index >= 15 is 0 Å². The van der Waals surface area contributed by atoms with Crippen LogP contribution in [0, 0.1) is 5.92 Å². The second kappa shape index (κ2) is 5.46. The van der Waals surface area contributed by atoms with Crippen LogP contribution in [0.4, 0.5) is 0 Å². The molecule has 2 rings (SSSR count). The van der Waals surface area contributed by atoms with Gasteiger partial charge in [-0.25, -0.2) is 0 Å². The maximum Gasteiger partial charge on any atom is 0.124 e. The van der Waals surface area contributed by atoms with Gasteiger partial charge in [0.05, 0.1) is 20.6 Å². The van der Waals surface area contributed by atoms with E-state index in [0.717, 1.165) is 15.4 Å². The molecule has 0 N–H and O–H groups in total. The predicted molar refractivity (Wildman–Crippen MR) is 83.4 cm³/mol. The third-order valence-electron chi connectivity index (χ3n) is 4.99. The number of quaternary nitrogens is 1. The van der Waals surface area contributed by atoms with Gasteiger partial charge in [0.15, 0.2) is 0 Å². The van der Waals surface area contributed by atoms with Crippen molar-refractivity contribution < 1.29 is 4.48 Å². The highest BCUT2D eigenvalue weighted by molar-refractivity contribution is 6.30. The molecule has 0 heterocycles. The van der Waals surface area contributed by atoms with E-state index < -0.39 is 0 Å². The molecule has 0 aromatic heterocycles. The molecule has 1 nitrogen and oxygen atoms in total. The number of benzene rings is 1. The number of halogens is 1. The summed E-state index contributed by atoms with van der Waals surface area (Å²) in [6.07, 6.45) is 5.26. The van der Waals surface area contributed by atoms with Crippen molar-refractivity contribution in [2.75, 3.05) is 20.6 Å². The van der Waals surface area contributed by atoms with Gasteiger partial charge in [0, 0.05) is 23.4 Å². The first-order valence-corrected chi connectivity index (χ1v) is 7.84. The Bertz CT molecular complexity index is 415. The molecule has 0 unspecified atom stereocenters. The van der Waals surface area contributed by atoms with Gasteiger partial charge in [0.2, 0.25) is 0 Å². The van der Waals surface area contributed by atoms with Crippen LogP contribution in [-0.4, -0.2) is 25.1 Å². The topological polar surface area (TPSA) is 0 Å². The lowest BCUT2D eigenvalue weighted by molar-refractivity contribution is -0.957. The van der Waals surface area contributed by atoms with Crippen molar-refractivity contribution in [2.45, 2.75) is 45.1 Å². The lowest BCUT2D eigenvalue weighted by Crippen LogP contribution is -2.61. The minimum atomic E-state index is 0.319. The largest absolute Gasteiger partial charge is 0.320 e. The maximum absolute atomic E-state index is 6.03. The molecule has 1 fully saturated rings. The average molecular weight is 281 g/mol. The molecule has 1 aliphatic rings. The summed E-state index contributed by atoms with van der Waals surface area (Å²) in [5, 5.41) is 0.839. The molecular weight excluding hydrogens is 254 g/mol. The molecule has 0 amide bonds. The summed E-state index contributed by atoms with van der Waals surface area (Å²) in [6.45, 7) is 5.88. The Kier molecular flexibility index (Phi) is 4.27. The third-order valence-corrected chi connectivity index (χ3v) is 5.24. The Balaban J connectivity index is 2.24. The van der Waals surface area contributed by atoms with Crippen molar-refractivity contribution in [1.29, 1.82) is 0 Å². The lowest BCUT2D eigenvalue weighted by atomic mass is 9.69. The van der Waals surface area contributed by atoms with E-state index in [-0.39, 0.29) is 0 Å². The first-order valence-electron chi connectivity index (χ1n) is 7.46. The summed E-state index contributed by atoms with van der Waals surface area (Å²) in [5.41, 5.74) is 1.79. The average Bonchev–Trinajstić information content (AvgIpc) is 2.27. The van der Waals surface area contributed by atoms with Crippen molar-refractivity contribution in [3.8, 4) is 0 Å². The first kappa shape index (κ1) is 14.9. The highest BCUT2D eigenvalue weighted by Crippen LogP contribution is 2.49. The molecule has 0 saturated heterocycles. The lowest BCUT2D eigenvalue weighted by Gasteiger charge is -2.54. The van der Waals surface area contributed by atoms with Gasteiger partial charge in [-0.3, -0.25) is 0 Å². The minimum Gasteiger partial charge on any atom is -0.320 e. The van der Waals surface area contributed by atoms with Gasteiger partial charge < -0.3 is 4.48 Å². The molecule has 1 aromatic carbocycles. The van der Waals surface area contributed by atoms with Gasteiger partial charge in [-0.2, -0.15) is 0 Å². The van der Waals surface area contributed by atoms with Crippen LogP contribution in [-0.2, 0) is 5.54 Å². The maximum atomic E-state index is 6.03.